The van der Waals surface area contributed by atoms with Gasteiger partial charge in [-0.1, -0.05) is 6.92 Å². The lowest BCUT2D eigenvalue weighted by Crippen LogP contribution is -2.38. The van der Waals surface area contributed by atoms with Crippen LogP contribution in [0.15, 0.2) is 0 Å². The van der Waals surface area contributed by atoms with Crippen LogP contribution in [-0.2, 0) is 9.59 Å². The van der Waals surface area contributed by atoms with Gasteiger partial charge in [0.05, 0.1) is 24.5 Å². The second kappa shape index (κ2) is 4.41. The highest BCUT2D eigenvalue weighted by Crippen LogP contribution is 2.38. The van der Waals surface area contributed by atoms with E-state index in [-0.39, 0.29) is 18.6 Å². The van der Waals surface area contributed by atoms with Gasteiger partial charge in [0.15, 0.2) is 0 Å². The summed E-state index contributed by atoms with van der Waals surface area (Å²) in [6.07, 6.45) is 1.07. The first-order valence-corrected chi connectivity index (χ1v) is 4.74. The number of carbonyl (C=O) groups is 2. The van der Waals surface area contributed by atoms with E-state index in [2.05, 4.69) is 5.32 Å². The van der Waals surface area contributed by atoms with Crippen molar-refractivity contribution < 1.29 is 19.8 Å². The zero-order valence-electron chi connectivity index (χ0n) is 8.06. The fourth-order valence-electron chi connectivity index (χ4n) is 1.34. The molecule has 0 aromatic rings. The van der Waals surface area contributed by atoms with Crippen LogP contribution in [0.1, 0.15) is 19.8 Å². The van der Waals surface area contributed by atoms with Gasteiger partial charge in [-0.25, -0.2) is 0 Å². The average molecular weight is 201 g/mol. The van der Waals surface area contributed by atoms with Crippen LogP contribution in [0.3, 0.4) is 0 Å². The highest BCUT2D eigenvalue weighted by atomic mass is 16.4. The van der Waals surface area contributed by atoms with Gasteiger partial charge in [-0.05, 0) is 12.8 Å². The Labute approximate surface area is 82.1 Å². The molecule has 1 saturated carbocycles. The molecule has 5 nitrogen and oxygen atoms in total. The average Bonchev–Trinajstić information content (AvgIpc) is 2.93. The van der Waals surface area contributed by atoms with Crippen LogP contribution < -0.4 is 5.32 Å². The van der Waals surface area contributed by atoms with Crippen molar-refractivity contribution >= 4 is 11.9 Å². The molecule has 5 heteroatoms. The smallest absolute Gasteiger partial charge is 0.307 e. The summed E-state index contributed by atoms with van der Waals surface area (Å²) in [6, 6.07) is -0.252. The maximum Gasteiger partial charge on any atom is 0.307 e. The molecule has 1 fully saturated rings. The fourth-order valence-corrected chi connectivity index (χ4v) is 1.34. The van der Waals surface area contributed by atoms with E-state index in [9.17, 15) is 9.59 Å². The topological polar surface area (TPSA) is 86.6 Å². The molecule has 0 radical (unpaired) electrons. The Morgan fingerprint density at radius 1 is 1.50 bits per heavy atom. The minimum atomic E-state index is -0.915. The molecule has 3 atom stereocenters. The van der Waals surface area contributed by atoms with Gasteiger partial charge in [-0.3, -0.25) is 9.59 Å². The van der Waals surface area contributed by atoms with Crippen molar-refractivity contribution in [2.45, 2.75) is 25.8 Å². The lowest BCUT2D eigenvalue weighted by molar-refractivity contribution is -0.140. The highest BCUT2D eigenvalue weighted by molar-refractivity contribution is 5.89. The molecule has 0 spiro atoms. The minimum Gasteiger partial charge on any atom is -0.481 e. The molecular formula is C9H15NO4. The molecule has 1 rings (SSSR count). The monoisotopic (exact) mass is 201 g/mol. The molecule has 1 unspecified atom stereocenters. The second-order valence-corrected chi connectivity index (χ2v) is 3.58. The lowest BCUT2D eigenvalue weighted by atomic mass is 10.2. The van der Waals surface area contributed by atoms with Gasteiger partial charge in [0.25, 0.3) is 0 Å². The third kappa shape index (κ3) is 2.45. The quantitative estimate of drug-likeness (QED) is 0.564. The van der Waals surface area contributed by atoms with Crippen LogP contribution >= 0.6 is 0 Å². The Kier molecular flexibility index (Phi) is 3.46. The van der Waals surface area contributed by atoms with Crippen LogP contribution in [-0.4, -0.2) is 34.7 Å². The molecule has 1 amide bonds. The van der Waals surface area contributed by atoms with Crippen molar-refractivity contribution in [3.05, 3.63) is 0 Å². The van der Waals surface area contributed by atoms with E-state index >= 15 is 0 Å². The van der Waals surface area contributed by atoms with E-state index in [1.54, 1.807) is 0 Å². The second-order valence-electron chi connectivity index (χ2n) is 3.58. The molecule has 0 aliphatic heterocycles. The molecule has 0 aromatic carbocycles. The van der Waals surface area contributed by atoms with Gasteiger partial charge in [-0.2, -0.15) is 0 Å². The van der Waals surface area contributed by atoms with Crippen molar-refractivity contribution in [2.75, 3.05) is 6.61 Å². The van der Waals surface area contributed by atoms with Gasteiger partial charge >= 0.3 is 5.97 Å². The fraction of sp³-hybridized carbons (Fsp3) is 0.778. The third-order valence-corrected chi connectivity index (χ3v) is 2.50. The Morgan fingerprint density at radius 3 is 2.50 bits per heavy atom. The van der Waals surface area contributed by atoms with E-state index in [4.69, 9.17) is 10.2 Å². The summed E-state index contributed by atoms with van der Waals surface area (Å²) in [4.78, 5) is 21.8. The zero-order chi connectivity index (χ0) is 10.7. The van der Waals surface area contributed by atoms with Crippen molar-refractivity contribution in [1.82, 2.24) is 5.32 Å². The summed E-state index contributed by atoms with van der Waals surface area (Å²) in [5.41, 5.74) is 0. The number of rotatable bonds is 5. The van der Waals surface area contributed by atoms with E-state index in [0.717, 1.165) is 0 Å². The molecule has 0 aromatic heterocycles. The van der Waals surface area contributed by atoms with E-state index in [1.807, 2.05) is 6.92 Å². The predicted octanol–water partition coefficient (Wildman–Crippen LogP) is -0.406. The van der Waals surface area contributed by atoms with Crippen LogP contribution in [0.5, 0.6) is 0 Å². The summed E-state index contributed by atoms with van der Waals surface area (Å²) >= 11 is 0. The van der Waals surface area contributed by atoms with Crippen molar-refractivity contribution in [3.63, 3.8) is 0 Å². The van der Waals surface area contributed by atoms with Crippen molar-refractivity contribution in [1.29, 1.82) is 0 Å². The molecule has 0 saturated heterocycles. The summed E-state index contributed by atoms with van der Waals surface area (Å²) in [5, 5.41) is 20.0. The zero-order valence-corrected chi connectivity index (χ0v) is 8.06. The van der Waals surface area contributed by atoms with Crippen LogP contribution in [0.4, 0.5) is 0 Å². The standard InChI is InChI=1S/C9H15NO4/c1-2-5(4-11)10-8(12)6-3-7(6)9(13)14/h5-7,11H,2-4H2,1H3,(H,10,12)(H,13,14)/t5?,6-,7+/m1/s1. The number of carboxylic acids is 1. The first-order valence-electron chi connectivity index (χ1n) is 4.74. The van der Waals surface area contributed by atoms with Gasteiger partial charge in [0.1, 0.15) is 0 Å². The first kappa shape index (κ1) is 11.0. The summed E-state index contributed by atoms with van der Waals surface area (Å²) < 4.78 is 0. The number of hydrogen-bond donors (Lipinski definition) is 3. The van der Waals surface area contributed by atoms with Crippen molar-refractivity contribution in [2.24, 2.45) is 11.8 Å². The van der Waals surface area contributed by atoms with Gasteiger partial charge in [0, 0.05) is 0 Å². The molecule has 3 N–H and O–H groups in total. The summed E-state index contributed by atoms with van der Waals surface area (Å²) in [7, 11) is 0. The van der Waals surface area contributed by atoms with E-state index in [1.165, 1.54) is 0 Å². The number of amides is 1. The van der Waals surface area contributed by atoms with Gasteiger partial charge < -0.3 is 15.5 Å². The molecule has 1 aliphatic carbocycles. The minimum absolute atomic E-state index is 0.104. The number of aliphatic hydroxyl groups excluding tert-OH is 1. The SMILES string of the molecule is CCC(CO)NC(=O)[C@@H]1C[C@@H]1C(=O)O. The number of hydrogen-bond acceptors (Lipinski definition) is 3. The number of carboxylic acid groups (broad SMARTS) is 1. The first-order chi connectivity index (χ1) is 6.60. The van der Waals surface area contributed by atoms with Gasteiger partial charge in [0.2, 0.25) is 5.91 Å². The van der Waals surface area contributed by atoms with E-state index in [0.29, 0.717) is 12.8 Å². The van der Waals surface area contributed by atoms with Crippen molar-refractivity contribution in [3.8, 4) is 0 Å². The van der Waals surface area contributed by atoms with Gasteiger partial charge in [-0.15, -0.1) is 0 Å². The largest absolute Gasteiger partial charge is 0.481 e. The number of nitrogens with one attached hydrogen (secondary N) is 1. The highest BCUT2D eigenvalue weighted by Gasteiger charge is 2.48. The molecular weight excluding hydrogens is 186 g/mol. The number of aliphatic carboxylic acids is 1. The summed E-state index contributed by atoms with van der Waals surface area (Å²) in [6.45, 7) is 1.75. The van der Waals surface area contributed by atoms with Crippen LogP contribution in [0.25, 0.3) is 0 Å². The number of aliphatic hydroxyl groups is 1. The summed E-state index contributed by atoms with van der Waals surface area (Å²) in [5.74, 6) is -2.08. The Morgan fingerprint density at radius 2 is 2.14 bits per heavy atom. The van der Waals surface area contributed by atoms with E-state index < -0.39 is 17.8 Å². The Balaban J connectivity index is 2.34. The molecule has 1 aliphatic rings. The molecule has 80 valence electrons. The normalized spacial score (nSPS) is 26.7. The lowest BCUT2D eigenvalue weighted by Gasteiger charge is -2.13. The molecule has 0 heterocycles. The number of carbonyl (C=O) groups excluding carboxylic acids is 1. The maximum atomic E-state index is 11.4. The Hall–Kier alpha value is -1.10. The predicted molar refractivity (Wildman–Crippen MR) is 48.5 cm³/mol. The Bertz CT molecular complexity index is 237. The molecule has 0 bridgehead atoms. The van der Waals surface area contributed by atoms with Crippen LogP contribution in [0, 0.1) is 11.8 Å². The van der Waals surface area contributed by atoms with Crippen LogP contribution in [0.2, 0.25) is 0 Å². The molecule has 14 heavy (non-hydrogen) atoms. The maximum absolute atomic E-state index is 11.4. The third-order valence-electron chi connectivity index (χ3n) is 2.50.